The quantitative estimate of drug-likeness (QED) is 0.696. The number of amides is 1. The molecule has 1 aromatic heterocycles. The van der Waals surface area contributed by atoms with E-state index in [0.717, 1.165) is 40.7 Å². The molecule has 138 valence electrons. The third kappa shape index (κ3) is 2.17. The van der Waals surface area contributed by atoms with Crippen molar-refractivity contribution in [2.45, 2.75) is 37.3 Å². The summed E-state index contributed by atoms with van der Waals surface area (Å²) >= 11 is 0. The second-order valence-electron chi connectivity index (χ2n) is 7.27. The Morgan fingerprint density at radius 1 is 1.22 bits per heavy atom. The van der Waals surface area contributed by atoms with Crippen LogP contribution in [0.2, 0.25) is 0 Å². The van der Waals surface area contributed by atoms with Crippen molar-refractivity contribution in [1.29, 1.82) is 0 Å². The molecule has 0 bridgehead atoms. The number of hydrogen-bond acceptors (Lipinski definition) is 2. The second kappa shape index (κ2) is 5.12. The first kappa shape index (κ1) is 16.4. The summed E-state index contributed by atoms with van der Waals surface area (Å²) in [5.41, 5.74) is 2.08. The smallest absolute Gasteiger partial charge is 0.325 e. The first-order valence-corrected chi connectivity index (χ1v) is 8.84. The minimum atomic E-state index is -4.43. The first-order valence-electron chi connectivity index (χ1n) is 8.84. The number of aryl methyl sites for hydroxylation is 1. The van der Waals surface area contributed by atoms with Crippen LogP contribution in [0.15, 0.2) is 36.4 Å². The van der Waals surface area contributed by atoms with Crippen LogP contribution in [0.3, 0.4) is 0 Å². The van der Waals surface area contributed by atoms with Gasteiger partial charge in [-0.05, 0) is 48.2 Å². The second-order valence-corrected chi connectivity index (χ2v) is 7.27. The molecule has 5 rings (SSSR count). The zero-order valence-electron chi connectivity index (χ0n) is 14.4. The van der Waals surface area contributed by atoms with Crippen molar-refractivity contribution in [3.05, 3.63) is 58.8 Å². The van der Waals surface area contributed by atoms with E-state index in [1.54, 1.807) is 0 Å². The number of nitrogens with zero attached hydrogens (tertiary/aromatic N) is 1. The predicted molar refractivity (Wildman–Crippen MR) is 94.6 cm³/mol. The minimum Gasteiger partial charge on any atom is -0.325 e. The maximum Gasteiger partial charge on any atom is 0.416 e. The Hall–Kier alpha value is -2.83. The fraction of sp³-hybridized carbons (Fsp3) is 0.300. The minimum absolute atomic E-state index is 0.145. The summed E-state index contributed by atoms with van der Waals surface area (Å²) in [5.74, 6) is -0.369. The van der Waals surface area contributed by atoms with Crippen LogP contribution in [-0.4, -0.2) is 16.1 Å². The number of halogens is 3. The van der Waals surface area contributed by atoms with Gasteiger partial charge in [0.1, 0.15) is 0 Å². The summed E-state index contributed by atoms with van der Waals surface area (Å²) < 4.78 is 39.4. The SMILES string of the molecule is CCc1[nH]nc2cc(C3CC34C(=O)Nc3ccc(C(F)(F)F)cc34)ccc12. The molecule has 0 saturated heterocycles. The van der Waals surface area contributed by atoms with Crippen LogP contribution in [0.25, 0.3) is 10.9 Å². The highest BCUT2D eigenvalue weighted by Gasteiger charge is 2.65. The molecule has 27 heavy (non-hydrogen) atoms. The number of aromatic amines is 1. The molecule has 2 atom stereocenters. The summed E-state index contributed by atoms with van der Waals surface area (Å²) in [7, 11) is 0. The van der Waals surface area contributed by atoms with Crippen LogP contribution in [0.4, 0.5) is 18.9 Å². The maximum absolute atomic E-state index is 13.1. The number of aromatic nitrogens is 2. The molecule has 7 heteroatoms. The van der Waals surface area contributed by atoms with Crippen LogP contribution in [0.1, 0.15) is 41.6 Å². The van der Waals surface area contributed by atoms with Gasteiger partial charge in [-0.2, -0.15) is 18.3 Å². The van der Waals surface area contributed by atoms with Gasteiger partial charge in [0.2, 0.25) is 5.91 Å². The van der Waals surface area contributed by atoms with Crippen molar-refractivity contribution in [2.75, 3.05) is 5.32 Å². The average Bonchev–Trinajstić information content (AvgIpc) is 3.16. The molecule has 2 heterocycles. The van der Waals surface area contributed by atoms with Crippen LogP contribution in [0.5, 0.6) is 0 Å². The van der Waals surface area contributed by atoms with Gasteiger partial charge in [0.15, 0.2) is 0 Å². The number of carbonyl (C=O) groups excluding carboxylic acids is 1. The van der Waals surface area contributed by atoms with Gasteiger partial charge in [0.25, 0.3) is 0 Å². The molecule has 1 saturated carbocycles. The highest BCUT2D eigenvalue weighted by atomic mass is 19.4. The number of rotatable bonds is 2. The van der Waals surface area contributed by atoms with E-state index in [0.29, 0.717) is 17.7 Å². The standard InChI is InChI=1S/C20H16F3N3O/c1-2-15-12-5-3-10(7-17(12)26-25-15)14-9-19(14)13-8-11(20(21,22)23)4-6-16(13)24-18(19)27/h3-8,14H,2,9H2,1H3,(H,24,27)(H,25,26). The first-order chi connectivity index (χ1) is 12.8. The fourth-order valence-corrected chi connectivity index (χ4v) is 4.34. The zero-order valence-corrected chi connectivity index (χ0v) is 14.4. The zero-order chi connectivity index (χ0) is 19.0. The van der Waals surface area contributed by atoms with Crippen molar-refractivity contribution in [1.82, 2.24) is 10.2 Å². The summed E-state index contributed by atoms with van der Waals surface area (Å²) in [6.07, 6.45) is -3.10. The van der Waals surface area contributed by atoms with Gasteiger partial charge in [-0.3, -0.25) is 9.89 Å². The maximum atomic E-state index is 13.1. The topological polar surface area (TPSA) is 57.8 Å². The van der Waals surface area contributed by atoms with Gasteiger partial charge in [-0.25, -0.2) is 0 Å². The van der Waals surface area contributed by atoms with E-state index in [9.17, 15) is 18.0 Å². The molecule has 1 spiro atoms. The van der Waals surface area contributed by atoms with E-state index in [1.807, 2.05) is 25.1 Å². The molecule has 2 aliphatic rings. The number of benzene rings is 2. The highest BCUT2D eigenvalue weighted by Crippen LogP contribution is 2.65. The summed E-state index contributed by atoms with van der Waals surface area (Å²) in [5, 5.41) is 11.1. The molecular weight excluding hydrogens is 355 g/mol. The lowest BCUT2D eigenvalue weighted by Gasteiger charge is -2.12. The molecule has 0 radical (unpaired) electrons. The fourth-order valence-electron chi connectivity index (χ4n) is 4.34. The Kier molecular flexibility index (Phi) is 3.10. The molecule has 4 nitrogen and oxygen atoms in total. The Morgan fingerprint density at radius 3 is 2.78 bits per heavy atom. The van der Waals surface area contributed by atoms with E-state index in [4.69, 9.17) is 0 Å². The van der Waals surface area contributed by atoms with E-state index >= 15 is 0 Å². The number of fused-ring (bicyclic) bond motifs is 3. The Morgan fingerprint density at radius 2 is 2.04 bits per heavy atom. The number of H-pyrrole nitrogens is 1. The third-order valence-electron chi connectivity index (χ3n) is 5.86. The van der Waals surface area contributed by atoms with Gasteiger partial charge in [-0.15, -0.1) is 0 Å². The summed E-state index contributed by atoms with van der Waals surface area (Å²) in [4.78, 5) is 12.7. The van der Waals surface area contributed by atoms with Crippen LogP contribution in [-0.2, 0) is 22.8 Å². The molecule has 2 N–H and O–H groups in total. The normalized spacial score (nSPS) is 23.7. The molecule has 2 aromatic carbocycles. The van der Waals surface area contributed by atoms with Gasteiger partial charge >= 0.3 is 6.18 Å². The van der Waals surface area contributed by atoms with Crippen molar-refractivity contribution in [2.24, 2.45) is 0 Å². The molecule has 1 aliphatic carbocycles. The van der Waals surface area contributed by atoms with E-state index in [2.05, 4.69) is 15.5 Å². The third-order valence-corrected chi connectivity index (χ3v) is 5.86. The molecule has 2 unspecified atom stereocenters. The van der Waals surface area contributed by atoms with Gasteiger partial charge < -0.3 is 5.32 Å². The van der Waals surface area contributed by atoms with Gasteiger partial charge in [0.05, 0.1) is 16.5 Å². The number of anilines is 1. The Bertz CT molecular complexity index is 1100. The Balaban J connectivity index is 1.57. The van der Waals surface area contributed by atoms with E-state index < -0.39 is 17.2 Å². The van der Waals surface area contributed by atoms with E-state index in [-0.39, 0.29) is 11.8 Å². The van der Waals surface area contributed by atoms with Crippen LogP contribution in [0, 0.1) is 0 Å². The number of carbonyl (C=O) groups is 1. The lowest BCUT2D eigenvalue weighted by Crippen LogP contribution is -2.21. The predicted octanol–water partition coefficient (Wildman–Crippen LogP) is 4.52. The summed E-state index contributed by atoms with van der Waals surface area (Å²) in [6, 6.07) is 9.34. The van der Waals surface area contributed by atoms with E-state index in [1.165, 1.54) is 6.07 Å². The molecule has 1 amide bonds. The van der Waals surface area contributed by atoms with Gasteiger partial charge in [-0.1, -0.05) is 19.1 Å². The largest absolute Gasteiger partial charge is 0.416 e. The molecular formula is C20H16F3N3O. The summed E-state index contributed by atoms with van der Waals surface area (Å²) in [6.45, 7) is 2.04. The van der Waals surface area contributed by atoms with Crippen LogP contribution < -0.4 is 5.32 Å². The van der Waals surface area contributed by atoms with Crippen molar-refractivity contribution < 1.29 is 18.0 Å². The number of hydrogen-bond donors (Lipinski definition) is 2. The average molecular weight is 371 g/mol. The van der Waals surface area contributed by atoms with Crippen molar-refractivity contribution in [3.8, 4) is 0 Å². The monoisotopic (exact) mass is 371 g/mol. The Labute approximate surface area is 152 Å². The lowest BCUT2D eigenvalue weighted by molar-refractivity contribution is -0.137. The van der Waals surface area contributed by atoms with Crippen molar-refractivity contribution in [3.63, 3.8) is 0 Å². The molecule has 1 aliphatic heterocycles. The van der Waals surface area contributed by atoms with Crippen molar-refractivity contribution >= 4 is 22.5 Å². The molecule has 1 fully saturated rings. The van der Waals surface area contributed by atoms with Gasteiger partial charge in [0, 0.05) is 22.7 Å². The lowest BCUT2D eigenvalue weighted by atomic mass is 9.90. The highest BCUT2D eigenvalue weighted by molar-refractivity contribution is 6.10. The van der Waals surface area contributed by atoms with Crippen LogP contribution >= 0.6 is 0 Å². The number of alkyl halides is 3. The number of nitrogens with one attached hydrogen (secondary N) is 2. The molecule has 3 aromatic rings.